The smallest absolute Gasteiger partial charge is 0.236 e. The molecule has 2 N–H and O–H groups in total. The number of hydrogen-bond donors (Lipinski definition) is 1. The number of ether oxygens (including phenoxy) is 1. The zero-order valence-electron chi connectivity index (χ0n) is 11.7. The predicted octanol–water partition coefficient (Wildman–Crippen LogP) is 0.847. The third-order valence-electron chi connectivity index (χ3n) is 5.41. The second-order valence-corrected chi connectivity index (χ2v) is 6.78. The van der Waals surface area contributed by atoms with E-state index in [1.165, 1.54) is 0 Å². The minimum Gasteiger partial charge on any atom is -0.368 e. The first kappa shape index (κ1) is 12.9. The largest absolute Gasteiger partial charge is 0.368 e. The van der Waals surface area contributed by atoms with E-state index in [2.05, 4.69) is 31.7 Å². The van der Waals surface area contributed by atoms with Crippen LogP contribution in [0.5, 0.6) is 0 Å². The first-order valence-corrected chi connectivity index (χ1v) is 6.97. The highest BCUT2D eigenvalue weighted by Crippen LogP contribution is 2.58. The number of primary amides is 1. The molecule has 2 saturated heterocycles. The first-order chi connectivity index (χ1) is 8.82. The molecule has 0 radical (unpaired) electrons. The molecule has 0 aromatic carbocycles. The van der Waals surface area contributed by atoms with Crippen molar-refractivity contribution in [3.05, 3.63) is 0 Å². The lowest BCUT2D eigenvalue weighted by atomic mass is 9.69. The van der Waals surface area contributed by atoms with Gasteiger partial charge >= 0.3 is 0 Å². The van der Waals surface area contributed by atoms with E-state index < -0.39 is 5.72 Å². The van der Waals surface area contributed by atoms with E-state index in [-0.39, 0.29) is 29.4 Å². The lowest BCUT2D eigenvalue weighted by Gasteiger charge is -2.41. The van der Waals surface area contributed by atoms with Crippen molar-refractivity contribution in [2.24, 2.45) is 23.5 Å². The van der Waals surface area contributed by atoms with E-state index in [0.29, 0.717) is 12.5 Å². The molecule has 6 atom stereocenters. The molecule has 3 rings (SSSR count). The normalized spacial score (nSPS) is 50.5. The Balaban J connectivity index is 1.95. The molecule has 5 heteroatoms. The van der Waals surface area contributed by atoms with Crippen LogP contribution in [0, 0.1) is 29.1 Å². The number of rotatable bonds is 2. The van der Waals surface area contributed by atoms with Crippen LogP contribution in [0.3, 0.4) is 0 Å². The molecule has 3 aliphatic rings. The summed E-state index contributed by atoms with van der Waals surface area (Å²) in [4.78, 5) is 13.4. The molecular formula is C14H21N3O2. The van der Waals surface area contributed by atoms with Gasteiger partial charge in [0.25, 0.3) is 0 Å². The van der Waals surface area contributed by atoms with Gasteiger partial charge in [0.2, 0.25) is 5.91 Å². The van der Waals surface area contributed by atoms with Crippen molar-refractivity contribution < 1.29 is 9.53 Å². The molecule has 104 valence electrons. The van der Waals surface area contributed by atoms with Crippen LogP contribution in [0.25, 0.3) is 0 Å². The minimum absolute atomic E-state index is 0.00495. The molecule has 0 spiro atoms. The van der Waals surface area contributed by atoms with Crippen molar-refractivity contribution >= 4 is 5.91 Å². The lowest BCUT2D eigenvalue weighted by molar-refractivity contribution is -0.173. The molecule has 3 fully saturated rings. The summed E-state index contributed by atoms with van der Waals surface area (Å²) >= 11 is 0. The van der Waals surface area contributed by atoms with Gasteiger partial charge < -0.3 is 10.5 Å². The Kier molecular flexibility index (Phi) is 2.52. The SMILES string of the molecule is C[C@@H]1[C@H](C#N)C[C@@H]2C[C@@]1(N1C[C@@H]1C(N)=O)OC2(C)C. The van der Waals surface area contributed by atoms with Crippen molar-refractivity contribution in [3.8, 4) is 6.07 Å². The summed E-state index contributed by atoms with van der Waals surface area (Å²) in [5, 5.41) is 9.37. The molecule has 0 aromatic heterocycles. The maximum Gasteiger partial charge on any atom is 0.236 e. The highest BCUT2D eigenvalue weighted by molar-refractivity contribution is 5.83. The van der Waals surface area contributed by atoms with Crippen LogP contribution in [0.1, 0.15) is 33.6 Å². The number of carbonyl (C=O) groups excluding carboxylic acids is 1. The van der Waals surface area contributed by atoms with Crippen LogP contribution in [0.15, 0.2) is 0 Å². The van der Waals surface area contributed by atoms with Crippen LogP contribution < -0.4 is 5.73 Å². The molecule has 5 nitrogen and oxygen atoms in total. The van der Waals surface area contributed by atoms with Gasteiger partial charge in [-0.25, -0.2) is 0 Å². The van der Waals surface area contributed by atoms with Gasteiger partial charge in [-0.05, 0) is 32.6 Å². The van der Waals surface area contributed by atoms with Crippen LogP contribution >= 0.6 is 0 Å². The van der Waals surface area contributed by atoms with Gasteiger partial charge in [-0.3, -0.25) is 9.69 Å². The highest BCUT2D eigenvalue weighted by Gasteiger charge is 2.67. The van der Waals surface area contributed by atoms with Gasteiger partial charge in [0, 0.05) is 12.5 Å². The Bertz CT molecular complexity index is 470. The van der Waals surface area contributed by atoms with Crippen molar-refractivity contribution in [2.45, 2.75) is 51.0 Å². The Labute approximate surface area is 113 Å². The van der Waals surface area contributed by atoms with Gasteiger partial charge in [0.05, 0.1) is 17.6 Å². The molecular weight excluding hydrogens is 242 g/mol. The minimum atomic E-state index is -0.466. The molecule has 2 bridgehead atoms. The summed E-state index contributed by atoms with van der Waals surface area (Å²) in [5.41, 5.74) is 4.70. The second kappa shape index (κ2) is 3.71. The number of hydrogen-bond acceptors (Lipinski definition) is 4. The average Bonchev–Trinajstić information content (AvgIpc) is 3.08. The quantitative estimate of drug-likeness (QED) is 0.749. The van der Waals surface area contributed by atoms with Gasteiger partial charge in [0.1, 0.15) is 11.8 Å². The maximum absolute atomic E-state index is 11.4. The fourth-order valence-electron chi connectivity index (χ4n) is 4.05. The summed E-state index contributed by atoms with van der Waals surface area (Å²) in [5.74, 6) is 0.197. The molecule has 1 amide bonds. The van der Waals surface area contributed by atoms with E-state index >= 15 is 0 Å². The van der Waals surface area contributed by atoms with Crippen LogP contribution in [0.2, 0.25) is 0 Å². The fourth-order valence-corrected chi connectivity index (χ4v) is 4.05. The number of fused-ring (bicyclic) bond motifs is 2. The predicted molar refractivity (Wildman–Crippen MR) is 68.6 cm³/mol. The van der Waals surface area contributed by atoms with Gasteiger partial charge in [-0.15, -0.1) is 0 Å². The van der Waals surface area contributed by atoms with Gasteiger partial charge in [-0.1, -0.05) is 6.92 Å². The number of nitrogens with two attached hydrogens (primary N) is 1. The topological polar surface area (TPSA) is 79.1 Å². The Morgan fingerprint density at radius 2 is 2.21 bits per heavy atom. The van der Waals surface area contributed by atoms with Crippen molar-refractivity contribution in [1.82, 2.24) is 4.90 Å². The van der Waals surface area contributed by atoms with Gasteiger partial charge in [-0.2, -0.15) is 5.26 Å². The van der Waals surface area contributed by atoms with E-state index in [4.69, 9.17) is 10.5 Å². The van der Waals surface area contributed by atoms with Crippen LogP contribution in [-0.2, 0) is 9.53 Å². The summed E-state index contributed by atoms with van der Waals surface area (Å²) in [6, 6.07) is 2.21. The zero-order valence-corrected chi connectivity index (χ0v) is 11.7. The number of nitrogens with zero attached hydrogens (tertiary/aromatic N) is 2. The first-order valence-electron chi connectivity index (χ1n) is 6.97. The average molecular weight is 263 g/mol. The summed E-state index contributed by atoms with van der Waals surface area (Å²) in [6.07, 6.45) is 1.80. The number of amides is 1. The monoisotopic (exact) mass is 263 g/mol. The van der Waals surface area contributed by atoms with Crippen molar-refractivity contribution in [3.63, 3.8) is 0 Å². The molecule has 1 saturated carbocycles. The zero-order chi connectivity index (χ0) is 14.0. The van der Waals surface area contributed by atoms with E-state index in [1.807, 2.05) is 0 Å². The Morgan fingerprint density at radius 3 is 2.74 bits per heavy atom. The van der Waals surface area contributed by atoms with E-state index in [9.17, 15) is 10.1 Å². The third kappa shape index (κ3) is 1.63. The summed E-state index contributed by atoms with van der Waals surface area (Å²) in [6.45, 7) is 6.92. The van der Waals surface area contributed by atoms with Crippen LogP contribution in [-0.4, -0.2) is 34.7 Å². The molecule has 2 aliphatic heterocycles. The summed E-state index contributed by atoms with van der Waals surface area (Å²) in [7, 11) is 0. The highest BCUT2D eigenvalue weighted by atomic mass is 16.6. The van der Waals surface area contributed by atoms with Crippen LogP contribution in [0.4, 0.5) is 0 Å². The number of carbonyl (C=O) groups is 1. The van der Waals surface area contributed by atoms with Crippen molar-refractivity contribution in [1.29, 1.82) is 5.26 Å². The van der Waals surface area contributed by atoms with Crippen molar-refractivity contribution in [2.75, 3.05) is 6.54 Å². The second-order valence-electron chi connectivity index (χ2n) is 6.78. The van der Waals surface area contributed by atoms with E-state index in [0.717, 1.165) is 12.8 Å². The molecule has 0 aromatic rings. The molecule has 1 aliphatic carbocycles. The van der Waals surface area contributed by atoms with E-state index in [1.54, 1.807) is 0 Å². The Hall–Kier alpha value is -1.12. The lowest BCUT2D eigenvalue weighted by Crippen LogP contribution is -2.50. The Morgan fingerprint density at radius 1 is 1.53 bits per heavy atom. The third-order valence-corrected chi connectivity index (χ3v) is 5.41. The number of nitriles is 1. The van der Waals surface area contributed by atoms with Gasteiger partial charge in [0.15, 0.2) is 0 Å². The standard InChI is InChI=1S/C14H21N3O2/c1-8-9(6-15)4-10-5-14(8,19-13(10,2)3)17-7-11(17)12(16)18/h8-11H,4-5,7H2,1-3H3,(H2,16,18)/t8-,9+,10-,11-,14-,17?/m1/s1. The summed E-state index contributed by atoms with van der Waals surface area (Å²) < 4.78 is 6.38. The molecule has 19 heavy (non-hydrogen) atoms. The maximum atomic E-state index is 11.4. The molecule has 1 unspecified atom stereocenters. The fraction of sp³-hybridized carbons (Fsp3) is 0.857. The molecule has 2 heterocycles.